The molecule has 0 saturated carbocycles. The maximum Gasteiger partial charge on any atom is 0.250 e. The van der Waals surface area contributed by atoms with E-state index in [0.29, 0.717) is 16.8 Å². The summed E-state index contributed by atoms with van der Waals surface area (Å²) in [4.78, 5) is 11.8. The number of hydrazone groups is 1. The SMILES string of the molecule is O=C(CS[C@H]1CCc2ccccc21)N/N=C\c1ccco1. The molecule has 1 heterocycles. The van der Waals surface area contributed by atoms with E-state index < -0.39 is 0 Å². The molecule has 2 aromatic rings. The molecule has 0 bridgehead atoms. The van der Waals surface area contributed by atoms with Gasteiger partial charge >= 0.3 is 0 Å². The van der Waals surface area contributed by atoms with Gasteiger partial charge in [-0.1, -0.05) is 24.3 Å². The Bertz CT molecular complexity index is 637. The highest BCUT2D eigenvalue weighted by Crippen LogP contribution is 2.40. The van der Waals surface area contributed by atoms with Gasteiger partial charge in [0.05, 0.1) is 18.2 Å². The molecule has 0 aliphatic heterocycles. The lowest BCUT2D eigenvalue weighted by atomic mass is 10.1. The number of hydrogen-bond donors (Lipinski definition) is 1. The number of aryl methyl sites for hydroxylation is 1. The number of amides is 1. The maximum atomic E-state index is 11.8. The van der Waals surface area contributed by atoms with Crippen LogP contribution in [0.15, 0.2) is 52.2 Å². The minimum Gasteiger partial charge on any atom is -0.463 e. The Morgan fingerprint density at radius 1 is 1.38 bits per heavy atom. The molecule has 21 heavy (non-hydrogen) atoms. The van der Waals surface area contributed by atoms with E-state index in [9.17, 15) is 4.79 Å². The van der Waals surface area contributed by atoms with Crippen LogP contribution >= 0.6 is 11.8 Å². The molecule has 1 N–H and O–H groups in total. The van der Waals surface area contributed by atoms with Gasteiger partial charge in [-0.25, -0.2) is 5.43 Å². The van der Waals surface area contributed by atoms with E-state index in [1.165, 1.54) is 17.3 Å². The highest BCUT2D eigenvalue weighted by Gasteiger charge is 2.22. The van der Waals surface area contributed by atoms with Crippen molar-refractivity contribution in [1.82, 2.24) is 5.43 Å². The fourth-order valence-electron chi connectivity index (χ4n) is 2.43. The third-order valence-corrected chi connectivity index (χ3v) is 4.74. The predicted molar refractivity (Wildman–Crippen MR) is 84.4 cm³/mol. The second kappa shape index (κ2) is 6.63. The Hall–Kier alpha value is -2.01. The summed E-state index contributed by atoms with van der Waals surface area (Å²) >= 11 is 1.67. The number of nitrogens with one attached hydrogen (secondary N) is 1. The van der Waals surface area contributed by atoms with Crippen molar-refractivity contribution in [1.29, 1.82) is 0 Å². The standard InChI is InChI=1S/C16H16N2O2S/c19-16(18-17-10-13-5-3-9-20-13)11-21-15-8-7-12-4-1-2-6-14(12)15/h1-6,9-10,15H,7-8,11H2,(H,18,19)/b17-10-/t15-/m0/s1. The number of carbonyl (C=O) groups is 1. The molecule has 1 aromatic carbocycles. The van der Waals surface area contributed by atoms with Crippen LogP contribution in [-0.2, 0) is 11.2 Å². The molecule has 0 spiro atoms. The summed E-state index contributed by atoms with van der Waals surface area (Å²) < 4.78 is 5.09. The highest BCUT2D eigenvalue weighted by molar-refractivity contribution is 8.00. The topological polar surface area (TPSA) is 54.6 Å². The Balaban J connectivity index is 1.46. The summed E-state index contributed by atoms with van der Waals surface area (Å²) in [6.07, 6.45) is 5.27. The molecule has 1 aliphatic carbocycles. The lowest BCUT2D eigenvalue weighted by molar-refractivity contribution is -0.118. The molecule has 1 atom stereocenters. The van der Waals surface area contributed by atoms with Crippen molar-refractivity contribution in [2.75, 3.05) is 5.75 Å². The van der Waals surface area contributed by atoms with Gasteiger partial charge in [-0.05, 0) is 36.1 Å². The largest absolute Gasteiger partial charge is 0.463 e. The van der Waals surface area contributed by atoms with Gasteiger partial charge in [-0.3, -0.25) is 4.79 Å². The number of hydrogen-bond acceptors (Lipinski definition) is 4. The summed E-state index contributed by atoms with van der Waals surface area (Å²) in [5.41, 5.74) is 5.30. The summed E-state index contributed by atoms with van der Waals surface area (Å²) in [5.74, 6) is 0.939. The van der Waals surface area contributed by atoms with Crippen LogP contribution in [-0.4, -0.2) is 17.9 Å². The molecule has 3 rings (SSSR count). The summed E-state index contributed by atoms with van der Waals surface area (Å²) in [5, 5.41) is 4.29. The van der Waals surface area contributed by atoms with E-state index in [1.54, 1.807) is 30.2 Å². The molecule has 1 aliphatic rings. The summed E-state index contributed by atoms with van der Waals surface area (Å²) in [6.45, 7) is 0. The van der Waals surface area contributed by atoms with Crippen molar-refractivity contribution in [3.05, 3.63) is 59.5 Å². The Kier molecular flexibility index (Phi) is 4.40. The molecular formula is C16H16N2O2S. The molecule has 0 saturated heterocycles. The molecule has 4 nitrogen and oxygen atoms in total. The molecular weight excluding hydrogens is 284 g/mol. The molecule has 0 unspecified atom stereocenters. The number of fused-ring (bicyclic) bond motifs is 1. The second-order valence-electron chi connectivity index (χ2n) is 4.85. The second-order valence-corrected chi connectivity index (χ2v) is 6.04. The zero-order valence-corrected chi connectivity index (χ0v) is 12.3. The lowest BCUT2D eigenvalue weighted by Gasteiger charge is -2.10. The predicted octanol–water partition coefficient (Wildman–Crippen LogP) is 3.15. The van der Waals surface area contributed by atoms with Crippen LogP contribution in [0, 0.1) is 0 Å². The third kappa shape index (κ3) is 3.55. The number of furan rings is 1. The van der Waals surface area contributed by atoms with Crippen LogP contribution in [0.1, 0.15) is 28.6 Å². The molecule has 108 valence electrons. The fraction of sp³-hybridized carbons (Fsp3) is 0.250. The molecule has 1 amide bonds. The van der Waals surface area contributed by atoms with Gasteiger partial charge in [0.15, 0.2) is 0 Å². The van der Waals surface area contributed by atoms with Crippen molar-refractivity contribution in [3.63, 3.8) is 0 Å². The van der Waals surface area contributed by atoms with Crippen LogP contribution in [0.3, 0.4) is 0 Å². The zero-order chi connectivity index (χ0) is 14.5. The third-order valence-electron chi connectivity index (χ3n) is 3.42. The van der Waals surface area contributed by atoms with Crippen LogP contribution in [0.25, 0.3) is 0 Å². The number of carbonyl (C=O) groups excluding carboxylic acids is 1. The average molecular weight is 300 g/mol. The van der Waals surface area contributed by atoms with Gasteiger partial charge in [-0.2, -0.15) is 5.10 Å². The molecule has 0 fully saturated rings. The number of thioether (sulfide) groups is 1. The average Bonchev–Trinajstić information content (AvgIpc) is 3.14. The van der Waals surface area contributed by atoms with E-state index in [0.717, 1.165) is 12.8 Å². The normalized spacial score (nSPS) is 17.0. The highest BCUT2D eigenvalue weighted by atomic mass is 32.2. The van der Waals surface area contributed by atoms with Crippen molar-refractivity contribution in [3.8, 4) is 0 Å². The first-order chi connectivity index (χ1) is 10.3. The van der Waals surface area contributed by atoms with Crippen molar-refractivity contribution in [2.24, 2.45) is 5.10 Å². The lowest BCUT2D eigenvalue weighted by Crippen LogP contribution is -2.20. The summed E-state index contributed by atoms with van der Waals surface area (Å²) in [6, 6.07) is 12.0. The minimum atomic E-state index is -0.0906. The van der Waals surface area contributed by atoms with E-state index in [-0.39, 0.29) is 5.91 Å². The smallest absolute Gasteiger partial charge is 0.250 e. The van der Waals surface area contributed by atoms with Gasteiger partial charge in [0, 0.05) is 5.25 Å². The van der Waals surface area contributed by atoms with Gasteiger partial charge in [-0.15, -0.1) is 11.8 Å². The van der Waals surface area contributed by atoms with Crippen LogP contribution in [0.5, 0.6) is 0 Å². The molecule has 5 heteroatoms. The maximum absolute atomic E-state index is 11.8. The van der Waals surface area contributed by atoms with E-state index >= 15 is 0 Å². The van der Waals surface area contributed by atoms with Crippen LogP contribution in [0.4, 0.5) is 0 Å². The Morgan fingerprint density at radius 2 is 2.29 bits per heavy atom. The number of benzene rings is 1. The van der Waals surface area contributed by atoms with E-state index in [4.69, 9.17) is 4.42 Å². The van der Waals surface area contributed by atoms with Gasteiger partial charge < -0.3 is 4.42 Å². The van der Waals surface area contributed by atoms with E-state index in [2.05, 4.69) is 34.8 Å². The number of nitrogens with zero attached hydrogens (tertiary/aromatic N) is 1. The first-order valence-electron chi connectivity index (χ1n) is 6.88. The van der Waals surface area contributed by atoms with E-state index in [1.807, 2.05) is 0 Å². The first kappa shape index (κ1) is 13.9. The Morgan fingerprint density at radius 3 is 3.14 bits per heavy atom. The minimum absolute atomic E-state index is 0.0906. The van der Waals surface area contributed by atoms with Gasteiger partial charge in [0.2, 0.25) is 5.91 Å². The van der Waals surface area contributed by atoms with Gasteiger partial charge in [0.1, 0.15) is 5.76 Å². The van der Waals surface area contributed by atoms with Crippen LogP contribution < -0.4 is 5.43 Å². The monoisotopic (exact) mass is 300 g/mol. The van der Waals surface area contributed by atoms with Crippen LogP contribution in [0.2, 0.25) is 0 Å². The molecule has 1 aromatic heterocycles. The van der Waals surface area contributed by atoms with Crippen molar-refractivity contribution in [2.45, 2.75) is 18.1 Å². The van der Waals surface area contributed by atoms with Gasteiger partial charge in [0.25, 0.3) is 0 Å². The van der Waals surface area contributed by atoms with Crippen molar-refractivity contribution < 1.29 is 9.21 Å². The zero-order valence-electron chi connectivity index (χ0n) is 11.5. The molecule has 0 radical (unpaired) electrons. The van der Waals surface area contributed by atoms with Crippen molar-refractivity contribution >= 4 is 23.9 Å². The first-order valence-corrected chi connectivity index (χ1v) is 7.92. The Labute approximate surface area is 127 Å². The number of rotatable bonds is 5. The quantitative estimate of drug-likeness (QED) is 0.681. The summed E-state index contributed by atoms with van der Waals surface area (Å²) in [7, 11) is 0. The fourth-order valence-corrected chi connectivity index (χ4v) is 3.54.